The zero-order valence-electron chi connectivity index (χ0n) is 17.2. The third-order valence-electron chi connectivity index (χ3n) is 6.42. The lowest BCUT2D eigenvalue weighted by atomic mass is 9.80. The molecule has 0 aromatic heterocycles. The number of imide groups is 1. The van der Waals surface area contributed by atoms with E-state index in [0.717, 1.165) is 27.2 Å². The molecule has 2 saturated heterocycles. The van der Waals surface area contributed by atoms with Gasteiger partial charge < -0.3 is 5.11 Å². The molecule has 0 bridgehead atoms. The third kappa shape index (κ3) is 2.86. The summed E-state index contributed by atoms with van der Waals surface area (Å²) in [4.78, 5) is 40.2. The number of hydrogen-bond donors (Lipinski definition) is 2. The Morgan fingerprint density at radius 2 is 1.73 bits per heavy atom. The van der Waals surface area contributed by atoms with Crippen molar-refractivity contribution >= 4 is 35.1 Å². The number of carboxylic acids is 1. The van der Waals surface area contributed by atoms with Crippen molar-refractivity contribution in [2.24, 2.45) is 11.8 Å². The Kier molecular flexibility index (Phi) is 4.75. The van der Waals surface area contributed by atoms with Crippen molar-refractivity contribution in [2.75, 3.05) is 4.90 Å². The Bertz CT molecular complexity index is 1100. The number of benzene rings is 2. The summed E-state index contributed by atoms with van der Waals surface area (Å²) in [6, 6.07) is 10.2. The van der Waals surface area contributed by atoms with Crippen LogP contribution in [-0.2, 0) is 14.4 Å². The van der Waals surface area contributed by atoms with Gasteiger partial charge in [-0.25, -0.2) is 4.90 Å². The minimum Gasteiger partial charge on any atom is -0.480 e. The van der Waals surface area contributed by atoms with E-state index in [1.165, 1.54) is 6.92 Å². The highest BCUT2D eigenvalue weighted by atomic mass is 35.5. The Hall–Kier alpha value is -2.70. The summed E-state index contributed by atoms with van der Waals surface area (Å²) >= 11 is 6.22. The lowest BCUT2D eigenvalue weighted by molar-refractivity contribution is -0.147. The van der Waals surface area contributed by atoms with Gasteiger partial charge in [0.05, 0.1) is 17.5 Å². The summed E-state index contributed by atoms with van der Waals surface area (Å²) < 4.78 is 0. The topological polar surface area (TPSA) is 86.7 Å². The van der Waals surface area contributed by atoms with Crippen LogP contribution in [-0.4, -0.2) is 28.4 Å². The summed E-state index contributed by atoms with van der Waals surface area (Å²) in [5, 5.41) is 13.5. The van der Waals surface area contributed by atoms with Gasteiger partial charge in [0, 0.05) is 11.1 Å². The van der Waals surface area contributed by atoms with Gasteiger partial charge in [-0.3, -0.25) is 19.7 Å². The normalized spacial score (nSPS) is 28.2. The maximum Gasteiger partial charge on any atom is 0.324 e. The molecule has 2 fully saturated rings. The highest BCUT2D eigenvalue weighted by Crippen LogP contribution is 2.50. The van der Waals surface area contributed by atoms with Crippen LogP contribution < -0.4 is 10.2 Å². The summed E-state index contributed by atoms with van der Waals surface area (Å²) in [6.07, 6.45) is 0. The van der Waals surface area contributed by atoms with Gasteiger partial charge in [0.15, 0.2) is 0 Å². The number of nitrogens with zero attached hydrogens (tertiary/aromatic N) is 1. The maximum atomic E-state index is 13.5. The first-order valence-corrected chi connectivity index (χ1v) is 10.2. The van der Waals surface area contributed by atoms with E-state index in [9.17, 15) is 19.5 Å². The molecule has 0 radical (unpaired) electrons. The summed E-state index contributed by atoms with van der Waals surface area (Å²) in [5.74, 6) is -3.93. The van der Waals surface area contributed by atoms with Gasteiger partial charge in [-0.2, -0.15) is 0 Å². The standard InChI is InChI=1S/C23H23ClN2O4/c1-11-5-6-12(2)15(9-11)19-17-18(23(4,25-19)22(29)30)21(28)26(20(17)27)14-8-7-13(3)16(24)10-14/h5-10,17-19,25H,1-4H3,(H,29,30). The molecular weight excluding hydrogens is 404 g/mol. The lowest BCUT2D eigenvalue weighted by Crippen LogP contribution is -2.53. The van der Waals surface area contributed by atoms with Crippen LogP contribution in [0.3, 0.4) is 0 Å². The number of carbonyl (C=O) groups is 3. The second kappa shape index (κ2) is 6.93. The van der Waals surface area contributed by atoms with Gasteiger partial charge in [0.2, 0.25) is 11.8 Å². The van der Waals surface area contributed by atoms with E-state index in [-0.39, 0.29) is 0 Å². The molecule has 2 amide bonds. The number of anilines is 1. The maximum absolute atomic E-state index is 13.5. The van der Waals surface area contributed by atoms with Crippen molar-refractivity contribution in [1.82, 2.24) is 5.32 Å². The molecule has 7 heteroatoms. The minimum absolute atomic E-state index is 0.363. The second-order valence-corrected chi connectivity index (χ2v) is 8.85. The van der Waals surface area contributed by atoms with Gasteiger partial charge in [0.25, 0.3) is 0 Å². The predicted octanol–water partition coefficient (Wildman–Crippen LogP) is 3.56. The number of hydrogen-bond acceptors (Lipinski definition) is 4. The molecule has 2 aromatic rings. The average Bonchev–Trinajstić information content (AvgIpc) is 3.14. The smallest absolute Gasteiger partial charge is 0.324 e. The number of aliphatic carboxylic acids is 1. The molecule has 2 heterocycles. The number of carbonyl (C=O) groups excluding carboxylic acids is 2. The molecule has 156 valence electrons. The summed E-state index contributed by atoms with van der Waals surface area (Å²) in [5.41, 5.74) is 2.38. The van der Waals surface area contributed by atoms with E-state index in [0.29, 0.717) is 10.7 Å². The molecule has 30 heavy (non-hydrogen) atoms. The molecule has 2 aliphatic rings. The number of carboxylic acid groups (broad SMARTS) is 1. The molecule has 0 spiro atoms. The average molecular weight is 427 g/mol. The van der Waals surface area contributed by atoms with Crippen molar-refractivity contribution in [3.63, 3.8) is 0 Å². The molecule has 2 aliphatic heterocycles. The molecule has 0 aliphatic carbocycles. The molecule has 6 nitrogen and oxygen atoms in total. The van der Waals surface area contributed by atoms with Crippen molar-refractivity contribution in [3.8, 4) is 0 Å². The van der Waals surface area contributed by atoms with Gasteiger partial charge >= 0.3 is 5.97 Å². The van der Waals surface area contributed by atoms with Crippen molar-refractivity contribution in [1.29, 1.82) is 0 Å². The van der Waals surface area contributed by atoms with Crippen LogP contribution in [0, 0.1) is 32.6 Å². The lowest BCUT2D eigenvalue weighted by Gasteiger charge is -2.28. The first kappa shape index (κ1) is 20.6. The number of fused-ring (bicyclic) bond motifs is 1. The van der Waals surface area contributed by atoms with Gasteiger partial charge in [-0.05, 0) is 56.5 Å². The Labute approximate surface area is 179 Å². The number of aryl methyl sites for hydroxylation is 3. The van der Waals surface area contributed by atoms with Gasteiger partial charge in [-0.15, -0.1) is 0 Å². The number of halogens is 1. The van der Waals surface area contributed by atoms with Crippen LogP contribution in [0.15, 0.2) is 36.4 Å². The van der Waals surface area contributed by atoms with Crippen molar-refractivity contribution < 1.29 is 19.5 Å². The first-order valence-electron chi connectivity index (χ1n) is 9.78. The Morgan fingerprint density at radius 3 is 2.37 bits per heavy atom. The van der Waals surface area contributed by atoms with E-state index >= 15 is 0 Å². The second-order valence-electron chi connectivity index (χ2n) is 8.44. The monoisotopic (exact) mass is 426 g/mol. The van der Waals surface area contributed by atoms with Crippen LogP contribution in [0.5, 0.6) is 0 Å². The molecule has 4 rings (SSSR count). The zero-order valence-corrected chi connectivity index (χ0v) is 17.9. The van der Waals surface area contributed by atoms with Crippen LogP contribution in [0.2, 0.25) is 5.02 Å². The largest absolute Gasteiger partial charge is 0.480 e. The fourth-order valence-electron chi connectivity index (χ4n) is 4.67. The van der Waals surface area contributed by atoms with E-state index < -0.39 is 41.2 Å². The van der Waals surface area contributed by atoms with E-state index in [2.05, 4.69) is 5.32 Å². The highest BCUT2D eigenvalue weighted by Gasteiger charge is 2.67. The van der Waals surface area contributed by atoms with Crippen LogP contribution in [0.4, 0.5) is 5.69 Å². The Balaban J connectivity index is 1.86. The van der Waals surface area contributed by atoms with Crippen molar-refractivity contribution in [3.05, 3.63) is 63.7 Å². The third-order valence-corrected chi connectivity index (χ3v) is 6.82. The predicted molar refractivity (Wildman–Crippen MR) is 113 cm³/mol. The molecular formula is C23H23ClN2O4. The van der Waals surface area contributed by atoms with Gasteiger partial charge in [0.1, 0.15) is 5.54 Å². The van der Waals surface area contributed by atoms with E-state index in [1.54, 1.807) is 18.2 Å². The number of rotatable bonds is 3. The molecule has 0 saturated carbocycles. The molecule has 2 N–H and O–H groups in total. The van der Waals surface area contributed by atoms with Crippen molar-refractivity contribution in [2.45, 2.75) is 39.3 Å². The zero-order chi connectivity index (χ0) is 22.0. The Morgan fingerprint density at radius 1 is 1.07 bits per heavy atom. The quantitative estimate of drug-likeness (QED) is 0.733. The number of nitrogens with one attached hydrogen (secondary N) is 1. The highest BCUT2D eigenvalue weighted by molar-refractivity contribution is 6.32. The van der Waals surface area contributed by atoms with E-state index in [1.807, 2.05) is 39.0 Å². The fraction of sp³-hybridized carbons (Fsp3) is 0.348. The van der Waals surface area contributed by atoms with E-state index in [4.69, 9.17) is 11.6 Å². The summed E-state index contributed by atoms with van der Waals surface area (Å²) in [7, 11) is 0. The fourth-order valence-corrected chi connectivity index (χ4v) is 4.85. The van der Waals surface area contributed by atoms with Crippen LogP contribution in [0.1, 0.15) is 35.2 Å². The summed E-state index contributed by atoms with van der Waals surface area (Å²) in [6.45, 7) is 7.17. The molecule has 2 aromatic carbocycles. The van der Waals surface area contributed by atoms with Crippen LogP contribution >= 0.6 is 11.6 Å². The molecule has 4 atom stereocenters. The minimum atomic E-state index is -1.57. The molecule has 4 unspecified atom stereocenters. The van der Waals surface area contributed by atoms with Crippen LogP contribution in [0.25, 0.3) is 0 Å². The number of amides is 2. The van der Waals surface area contributed by atoms with Gasteiger partial charge in [-0.1, -0.05) is 41.4 Å². The first-order chi connectivity index (χ1) is 14.1. The SMILES string of the molecule is Cc1ccc(C)c(C2NC(C)(C(=O)O)C3C(=O)N(c4ccc(C)c(Cl)c4)C(=O)C23)c1.